The molecular weight excluding hydrogens is 208 g/mol. The number of ether oxygens (including phenoxy) is 1. The normalized spacial score (nSPS) is 14.7. The molecule has 0 atom stereocenters. The molecule has 1 heteroatoms. The first kappa shape index (κ1) is 12.0. The zero-order chi connectivity index (χ0) is 12.6. The number of benzene rings is 1. The summed E-state index contributed by atoms with van der Waals surface area (Å²) in [5.41, 5.74) is 3.89. The summed E-state index contributed by atoms with van der Waals surface area (Å²) in [5.74, 6) is 2.69. The van der Waals surface area contributed by atoms with Crippen molar-refractivity contribution in [2.75, 3.05) is 0 Å². The Hall–Kier alpha value is -1.50. The number of rotatable bonds is 2. The number of allylic oxidation sites excluding steroid dienone is 2. The summed E-state index contributed by atoms with van der Waals surface area (Å²) in [6.07, 6.45) is 2.05. The van der Waals surface area contributed by atoms with Gasteiger partial charge in [-0.15, -0.1) is 0 Å². The van der Waals surface area contributed by atoms with Crippen molar-refractivity contribution in [3.8, 4) is 5.75 Å². The molecule has 2 rings (SSSR count). The average Bonchev–Trinajstić information content (AvgIpc) is 2.26. The molecular formula is C16H20O. The molecule has 0 fully saturated rings. The first-order chi connectivity index (χ1) is 7.99. The predicted molar refractivity (Wildman–Crippen MR) is 73.1 cm³/mol. The molecule has 90 valence electrons. The number of hydrogen-bond acceptors (Lipinski definition) is 1. The maximum atomic E-state index is 5.68. The van der Waals surface area contributed by atoms with E-state index in [2.05, 4.69) is 58.5 Å². The highest BCUT2D eigenvalue weighted by molar-refractivity contribution is 5.76. The van der Waals surface area contributed by atoms with E-state index in [0.29, 0.717) is 11.8 Å². The van der Waals surface area contributed by atoms with Gasteiger partial charge in [-0.05, 0) is 41.2 Å². The first-order valence-electron chi connectivity index (χ1n) is 6.21. The van der Waals surface area contributed by atoms with E-state index in [1.54, 1.807) is 0 Å². The van der Waals surface area contributed by atoms with Gasteiger partial charge in [0.2, 0.25) is 0 Å². The van der Waals surface area contributed by atoms with Crippen LogP contribution in [-0.2, 0) is 0 Å². The summed E-state index contributed by atoms with van der Waals surface area (Å²) < 4.78 is 5.68. The lowest BCUT2D eigenvalue weighted by molar-refractivity contribution is 0.439. The van der Waals surface area contributed by atoms with Gasteiger partial charge in [-0.25, -0.2) is 0 Å². The van der Waals surface area contributed by atoms with E-state index < -0.39 is 0 Å². The zero-order valence-corrected chi connectivity index (χ0v) is 11.1. The molecule has 0 bridgehead atoms. The fraction of sp³-hybridized carbons (Fsp3) is 0.375. The standard InChI is InChI=1S/C16H20O/c1-10(2)13-6-7-16-15(9-13)14(11(3)4)8-12(5)17-16/h6-11H,5H2,1-4H3. The number of fused-ring (bicyclic) bond motifs is 1. The molecule has 0 N–H and O–H groups in total. The smallest absolute Gasteiger partial charge is 0.134 e. The van der Waals surface area contributed by atoms with Crippen LogP contribution < -0.4 is 4.74 Å². The van der Waals surface area contributed by atoms with Crippen LogP contribution in [0.4, 0.5) is 0 Å². The second kappa shape index (κ2) is 4.40. The van der Waals surface area contributed by atoms with Crippen LogP contribution in [0.3, 0.4) is 0 Å². The fourth-order valence-corrected chi connectivity index (χ4v) is 2.12. The highest BCUT2D eigenvalue weighted by Crippen LogP contribution is 2.38. The Morgan fingerprint density at radius 2 is 1.76 bits per heavy atom. The highest BCUT2D eigenvalue weighted by atomic mass is 16.5. The van der Waals surface area contributed by atoms with E-state index in [-0.39, 0.29) is 0 Å². The summed E-state index contributed by atoms with van der Waals surface area (Å²) in [6.45, 7) is 12.7. The monoisotopic (exact) mass is 228 g/mol. The maximum Gasteiger partial charge on any atom is 0.134 e. The molecule has 1 aliphatic heterocycles. The van der Waals surface area contributed by atoms with Crippen LogP contribution in [0.1, 0.15) is 44.7 Å². The summed E-state index contributed by atoms with van der Waals surface area (Å²) in [7, 11) is 0. The molecule has 0 spiro atoms. The minimum atomic E-state index is 0.483. The minimum absolute atomic E-state index is 0.483. The van der Waals surface area contributed by atoms with Gasteiger partial charge in [-0.3, -0.25) is 0 Å². The van der Waals surface area contributed by atoms with Crippen molar-refractivity contribution in [3.05, 3.63) is 47.7 Å². The third kappa shape index (κ3) is 2.28. The quantitative estimate of drug-likeness (QED) is 0.709. The molecule has 0 unspecified atom stereocenters. The van der Waals surface area contributed by atoms with Crippen molar-refractivity contribution in [1.82, 2.24) is 0 Å². The van der Waals surface area contributed by atoms with E-state index in [0.717, 1.165) is 11.5 Å². The lowest BCUT2D eigenvalue weighted by Gasteiger charge is -2.23. The molecule has 1 aliphatic rings. The molecule has 0 aliphatic carbocycles. The van der Waals surface area contributed by atoms with Crippen LogP contribution in [0, 0.1) is 5.92 Å². The Morgan fingerprint density at radius 3 is 2.35 bits per heavy atom. The molecule has 0 radical (unpaired) electrons. The first-order valence-corrected chi connectivity index (χ1v) is 6.21. The minimum Gasteiger partial charge on any atom is -0.457 e. The second-order valence-corrected chi connectivity index (χ2v) is 5.23. The van der Waals surface area contributed by atoms with Crippen LogP contribution in [0.2, 0.25) is 0 Å². The van der Waals surface area contributed by atoms with Crippen LogP contribution in [-0.4, -0.2) is 0 Å². The van der Waals surface area contributed by atoms with E-state index in [9.17, 15) is 0 Å². The highest BCUT2D eigenvalue weighted by Gasteiger charge is 2.19. The van der Waals surface area contributed by atoms with Gasteiger partial charge in [0.15, 0.2) is 0 Å². The maximum absolute atomic E-state index is 5.68. The Bertz CT molecular complexity index is 478. The van der Waals surface area contributed by atoms with Gasteiger partial charge < -0.3 is 4.74 Å². The lowest BCUT2D eigenvalue weighted by Crippen LogP contribution is -2.07. The van der Waals surface area contributed by atoms with Crippen molar-refractivity contribution in [3.63, 3.8) is 0 Å². The van der Waals surface area contributed by atoms with Crippen LogP contribution >= 0.6 is 0 Å². The van der Waals surface area contributed by atoms with E-state index in [4.69, 9.17) is 4.74 Å². The molecule has 1 nitrogen and oxygen atoms in total. The molecule has 1 aromatic rings. The molecule has 17 heavy (non-hydrogen) atoms. The molecule has 0 amide bonds. The average molecular weight is 228 g/mol. The molecule has 0 saturated heterocycles. The third-order valence-corrected chi connectivity index (χ3v) is 3.16. The molecule has 1 heterocycles. The molecule has 1 aromatic carbocycles. The van der Waals surface area contributed by atoms with Gasteiger partial charge in [-0.2, -0.15) is 0 Å². The Kier molecular flexibility index (Phi) is 3.10. The molecule has 0 saturated carbocycles. The van der Waals surface area contributed by atoms with Crippen molar-refractivity contribution in [2.45, 2.75) is 33.6 Å². The number of hydrogen-bond donors (Lipinski definition) is 0. The predicted octanol–water partition coefficient (Wildman–Crippen LogP) is 4.76. The van der Waals surface area contributed by atoms with Crippen LogP contribution in [0.5, 0.6) is 5.75 Å². The topological polar surface area (TPSA) is 9.23 Å². The van der Waals surface area contributed by atoms with E-state index >= 15 is 0 Å². The van der Waals surface area contributed by atoms with Crippen LogP contribution in [0.25, 0.3) is 5.57 Å². The van der Waals surface area contributed by atoms with Gasteiger partial charge in [-0.1, -0.05) is 40.3 Å². The van der Waals surface area contributed by atoms with E-state index in [1.165, 1.54) is 16.7 Å². The Labute approximate surface area is 104 Å². The zero-order valence-electron chi connectivity index (χ0n) is 11.1. The van der Waals surface area contributed by atoms with Gasteiger partial charge in [0, 0.05) is 5.56 Å². The second-order valence-electron chi connectivity index (χ2n) is 5.23. The van der Waals surface area contributed by atoms with E-state index in [1.807, 2.05) is 0 Å². The lowest BCUT2D eigenvalue weighted by atomic mass is 9.89. The van der Waals surface area contributed by atoms with Crippen molar-refractivity contribution >= 4 is 5.57 Å². The Balaban J connectivity index is 2.54. The molecule has 0 aromatic heterocycles. The summed E-state index contributed by atoms with van der Waals surface area (Å²) in [6, 6.07) is 6.45. The van der Waals surface area contributed by atoms with Crippen molar-refractivity contribution in [1.29, 1.82) is 0 Å². The Morgan fingerprint density at radius 1 is 1.06 bits per heavy atom. The summed E-state index contributed by atoms with van der Waals surface area (Å²) in [4.78, 5) is 0. The van der Waals surface area contributed by atoms with Gasteiger partial charge in [0.1, 0.15) is 11.5 Å². The van der Waals surface area contributed by atoms with Crippen molar-refractivity contribution in [2.24, 2.45) is 5.92 Å². The van der Waals surface area contributed by atoms with Crippen molar-refractivity contribution < 1.29 is 4.74 Å². The SMILES string of the molecule is C=C1C=C(C(C)C)c2cc(C(C)C)ccc2O1. The fourth-order valence-electron chi connectivity index (χ4n) is 2.12. The summed E-state index contributed by atoms with van der Waals surface area (Å²) in [5, 5.41) is 0. The van der Waals surface area contributed by atoms with Gasteiger partial charge in [0.25, 0.3) is 0 Å². The third-order valence-electron chi connectivity index (χ3n) is 3.16. The largest absolute Gasteiger partial charge is 0.457 e. The van der Waals surface area contributed by atoms with Gasteiger partial charge in [0.05, 0.1) is 0 Å². The van der Waals surface area contributed by atoms with Gasteiger partial charge >= 0.3 is 0 Å². The van der Waals surface area contributed by atoms with Crippen LogP contribution in [0.15, 0.2) is 36.6 Å². The summed E-state index contributed by atoms with van der Waals surface area (Å²) >= 11 is 0.